The summed E-state index contributed by atoms with van der Waals surface area (Å²) in [5.74, 6) is 0. The van der Waals surface area contributed by atoms with Crippen LogP contribution in [-0.2, 0) is 0 Å². The summed E-state index contributed by atoms with van der Waals surface area (Å²) in [6.45, 7) is 4.23. The molecule has 1 aromatic rings. The van der Waals surface area contributed by atoms with E-state index in [9.17, 15) is 0 Å². The van der Waals surface area contributed by atoms with Gasteiger partial charge in [0.25, 0.3) is 0 Å². The fourth-order valence-corrected chi connectivity index (χ4v) is 2.57. The minimum Gasteiger partial charge on any atom is -0.364 e. The summed E-state index contributed by atoms with van der Waals surface area (Å²) in [5, 5.41) is 0. The third kappa shape index (κ3) is 2.24. The van der Waals surface area contributed by atoms with Crippen molar-refractivity contribution in [1.82, 2.24) is 9.88 Å². The van der Waals surface area contributed by atoms with Gasteiger partial charge < -0.3 is 10.7 Å². The Morgan fingerprint density at radius 2 is 2.47 bits per heavy atom. The topological polar surface area (TPSA) is 45.0 Å². The second-order valence-electron chi connectivity index (χ2n) is 4.42. The predicted molar refractivity (Wildman–Crippen MR) is 62.6 cm³/mol. The third-order valence-electron chi connectivity index (χ3n) is 3.51. The molecule has 3 heteroatoms. The van der Waals surface area contributed by atoms with E-state index in [1.54, 1.807) is 0 Å². The van der Waals surface area contributed by atoms with Crippen molar-refractivity contribution in [2.45, 2.75) is 38.3 Å². The summed E-state index contributed by atoms with van der Waals surface area (Å²) in [6, 6.07) is 5.26. The average Bonchev–Trinajstić information content (AvgIpc) is 2.81. The highest BCUT2D eigenvalue weighted by Crippen LogP contribution is 2.26. The van der Waals surface area contributed by atoms with Crippen LogP contribution in [0.3, 0.4) is 0 Å². The first-order valence-corrected chi connectivity index (χ1v) is 5.92. The molecule has 2 rings (SSSR count). The Kier molecular flexibility index (Phi) is 3.44. The minimum absolute atomic E-state index is 0.467. The number of piperidine rings is 1. The number of nitrogens with one attached hydrogen (secondary N) is 1. The number of H-pyrrole nitrogens is 1. The largest absolute Gasteiger partial charge is 0.364 e. The lowest BCUT2D eigenvalue weighted by molar-refractivity contribution is 0.106. The van der Waals surface area contributed by atoms with Gasteiger partial charge in [-0.25, -0.2) is 0 Å². The molecule has 1 fully saturated rings. The number of nitrogens with zero attached hydrogens (tertiary/aromatic N) is 1. The number of nitrogens with two attached hydrogens (primary N) is 1. The summed E-state index contributed by atoms with van der Waals surface area (Å²) in [4.78, 5) is 5.83. The molecule has 1 aliphatic heterocycles. The second-order valence-corrected chi connectivity index (χ2v) is 4.42. The van der Waals surface area contributed by atoms with E-state index in [-0.39, 0.29) is 0 Å². The highest BCUT2D eigenvalue weighted by atomic mass is 15.2. The molecule has 2 heterocycles. The highest BCUT2D eigenvalue weighted by molar-refractivity contribution is 5.09. The van der Waals surface area contributed by atoms with Gasteiger partial charge in [-0.15, -0.1) is 0 Å². The van der Waals surface area contributed by atoms with E-state index in [0.717, 1.165) is 6.54 Å². The van der Waals surface area contributed by atoms with E-state index in [4.69, 9.17) is 5.73 Å². The van der Waals surface area contributed by atoms with E-state index in [2.05, 4.69) is 28.9 Å². The van der Waals surface area contributed by atoms with Crippen LogP contribution in [0.25, 0.3) is 0 Å². The Morgan fingerprint density at radius 1 is 1.60 bits per heavy atom. The Hall–Kier alpha value is -0.800. The van der Waals surface area contributed by atoms with Crippen LogP contribution in [0.2, 0.25) is 0 Å². The minimum atomic E-state index is 0.467. The molecule has 0 radical (unpaired) electrons. The molecule has 1 aliphatic rings. The first-order valence-electron chi connectivity index (χ1n) is 5.92. The van der Waals surface area contributed by atoms with Gasteiger partial charge in [0.05, 0.1) is 0 Å². The van der Waals surface area contributed by atoms with Crippen LogP contribution in [-0.4, -0.2) is 29.0 Å². The lowest BCUT2D eigenvalue weighted by Gasteiger charge is -2.39. The zero-order valence-electron chi connectivity index (χ0n) is 9.45. The van der Waals surface area contributed by atoms with Crippen molar-refractivity contribution < 1.29 is 0 Å². The molecule has 3 N–H and O–H groups in total. The van der Waals surface area contributed by atoms with E-state index >= 15 is 0 Å². The Balaban J connectivity index is 2.07. The van der Waals surface area contributed by atoms with Crippen LogP contribution >= 0.6 is 0 Å². The number of rotatable bonds is 3. The van der Waals surface area contributed by atoms with E-state index < -0.39 is 0 Å². The predicted octanol–water partition coefficient (Wildman–Crippen LogP) is 1.89. The van der Waals surface area contributed by atoms with Gasteiger partial charge in [0.1, 0.15) is 0 Å². The Bertz CT molecular complexity index is 281. The Morgan fingerprint density at radius 3 is 3.13 bits per heavy atom. The van der Waals surface area contributed by atoms with Crippen LogP contribution in [0.4, 0.5) is 0 Å². The molecule has 1 saturated heterocycles. The Labute approximate surface area is 91.7 Å². The maximum absolute atomic E-state index is 5.83. The average molecular weight is 207 g/mol. The SMILES string of the molecule is C[C@H](c1ccc[nH]1)N1CCCC[C@@H]1CN. The highest BCUT2D eigenvalue weighted by Gasteiger charge is 2.26. The van der Waals surface area contributed by atoms with Gasteiger partial charge in [-0.05, 0) is 38.4 Å². The fraction of sp³-hybridized carbons (Fsp3) is 0.667. The first-order chi connectivity index (χ1) is 7.33. The summed E-state index contributed by atoms with van der Waals surface area (Å²) in [5.41, 5.74) is 7.13. The monoisotopic (exact) mass is 207 g/mol. The van der Waals surface area contributed by atoms with Crippen LogP contribution in [0.1, 0.15) is 37.9 Å². The molecule has 0 spiro atoms. The second kappa shape index (κ2) is 4.81. The molecule has 1 aromatic heterocycles. The molecule has 0 amide bonds. The molecule has 0 aromatic carbocycles. The first kappa shape index (κ1) is 10.7. The van der Waals surface area contributed by atoms with Crippen LogP contribution in [0, 0.1) is 0 Å². The molecule has 84 valence electrons. The number of hydrogen-bond donors (Lipinski definition) is 2. The summed E-state index contributed by atoms with van der Waals surface area (Å²) in [7, 11) is 0. The molecular formula is C12H21N3. The zero-order chi connectivity index (χ0) is 10.7. The zero-order valence-corrected chi connectivity index (χ0v) is 9.45. The fourth-order valence-electron chi connectivity index (χ4n) is 2.57. The van der Waals surface area contributed by atoms with Crippen molar-refractivity contribution in [3.63, 3.8) is 0 Å². The van der Waals surface area contributed by atoms with Crippen molar-refractivity contribution in [2.75, 3.05) is 13.1 Å². The summed E-state index contributed by atoms with van der Waals surface area (Å²) in [6.07, 6.45) is 5.88. The maximum Gasteiger partial charge on any atom is 0.0473 e. The number of hydrogen-bond acceptors (Lipinski definition) is 2. The van der Waals surface area contributed by atoms with Crippen molar-refractivity contribution in [3.05, 3.63) is 24.0 Å². The molecule has 2 atom stereocenters. The lowest BCUT2D eigenvalue weighted by Crippen LogP contribution is -2.45. The smallest absolute Gasteiger partial charge is 0.0473 e. The number of aromatic nitrogens is 1. The van der Waals surface area contributed by atoms with Gasteiger partial charge in [0.2, 0.25) is 0 Å². The quantitative estimate of drug-likeness (QED) is 0.795. The van der Waals surface area contributed by atoms with Gasteiger partial charge in [0, 0.05) is 30.5 Å². The van der Waals surface area contributed by atoms with Gasteiger partial charge >= 0.3 is 0 Å². The molecule has 0 aliphatic carbocycles. The summed E-state index contributed by atoms with van der Waals surface area (Å²) < 4.78 is 0. The molecular weight excluding hydrogens is 186 g/mol. The standard InChI is InChI=1S/C12H21N3/c1-10(12-6-4-7-14-12)15-8-3-2-5-11(15)9-13/h4,6-7,10-11,14H,2-3,5,8-9,13H2,1H3/t10-,11-/m1/s1. The van der Waals surface area contributed by atoms with Gasteiger partial charge in [-0.1, -0.05) is 6.42 Å². The van der Waals surface area contributed by atoms with Crippen molar-refractivity contribution >= 4 is 0 Å². The van der Waals surface area contributed by atoms with E-state index in [0.29, 0.717) is 12.1 Å². The molecule has 3 nitrogen and oxygen atoms in total. The van der Waals surface area contributed by atoms with E-state index in [1.807, 2.05) is 6.20 Å². The number of aromatic amines is 1. The van der Waals surface area contributed by atoms with Gasteiger partial charge in [-0.2, -0.15) is 0 Å². The van der Waals surface area contributed by atoms with Gasteiger partial charge in [-0.3, -0.25) is 4.90 Å². The molecule has 0 bridgehead atoms. The van der Waals surface area contributed by atoms with Crippen molar-refractivity contribution in [1.29, 1.82) is 0 Å². The maximum atomic E-state index is 5.83. The van der Waals surface area contributed by atoms with Crippen LogP contribution in [0.15, 0.2) is 18.3 Å². The lowest BCUT2D eigenvalue weighted by atomic mass is 9.99. The van der Waals surface area contributed by atoms with Crippen molar-refractivity contribution in [2.24, 2.45) is 5.73 Å². The van der Waals surface area contributed by atoms with Crippen molar-refractivity contribution in [3.8, 4) is 0 Å². The van der Waals surface area contributed by atoms with E-state index in [1.165, 1.54) is 31.5 Å². The normalized spacial score (nSPS) is 25.3. The number of likely N-dealkylation sites (tertiary alicyclic amines) is 1. The van der Waals surface area contributed by atoms with Crippen LogP contribution < -0.4 is 5.73 Å². The molecule has 0 saturated carbocycles. The molecule has 0 unspecified atom stereocenters. The summed E-state index contributed by atoms with van der Waals surface area (Å²) >= 11 is 0. The third-order valence-corrected chi connectivity index (χ3v) is 3.51. The van der Waals surface area contributed by atoms with Crippen LogP contribution in [0.5, 0.6) is 0 Å². The molecule has 15 heavy (non-hydrogen) atoms. The van der Waals surface area contributed by atoms with Gasteiger partial charge in [0.15, 0.2) is 0 Å².